The summed E-state index contributed by atoms with van der Waals surface area (Å²) in [7, 11) is 4.36. The quantitative estimate of drug-likeness (QED) is 0.620. The van der Waals surface area contributed by atoms with E-state index in [2.05, 4.69) is 23.9 Å². The van der Waals surface area contributed by atoms with Gasteiger partial charge in [0, 0.05) is 13.1 Å². The minimum atomic E-state index is -0.854. The number of carbonyl (C=O) groups is 1. The lowest BCUT2D eigenvalue weighted by Crippen LogP contribution is -2.49. The van der Waals surface area contributed by atoms with Gasteiger partial charge in [-0.2, -0.15) is 0 Å². The van der Waals surface area contributed by atoms with Crippen LogP contribution in [0.15, 0.2) is 0 Å². The van der Waals surface area contributed by atoms with Crippen molar-refractivity contribution in [1.82, 2.24) is 9.80 Å². The van der Waals surface area contributed by atoms with Crippen LogP contribution in [0, 0.1) is 5.92 Å². The van der Waals surface area contributed by atoms with Crippen LogP contribution < -0.4 is 11.5 Å². The van der Waals surface area contributed by atoms with Crippen molar-refractivity contribution in [3.8, 4) is 0 Å². The molecule has 1 aliphatic heterocycles. The van der Waals surface area contributed by atoms with Gasteiger partial charge >= 0.3 is 0 Å². The molecule has 0 saturated carbocycles. The first-order valence-corrected chi connectivity index (χ1v) is 7.27. The molecule has 19 heavy (non-hydrogen) atoms. The second-order valence-electron chi connectivity index (χ2n) is 6.42. The van der Waals surface area contributed by atoms with Crippen molar-refractivity contribution in [2.75, 3.05) is 40.3 Å². The van der Waals surface area contributed by atoms with Crippen LogP contribution in [0.1, 0.15) is 32.6 Å². The van der Waals surface area contributed by atoms with Crippen molar-refractivity contribution in [3.05, 3.63) is 0 Å². The zero-order chi connectivity index (χ0) is 14.5. The van der Waals surface area contributed by atoms with E-state index in [-0.39, 0.29) is 0 Å². The SMILES string of the molecule is CN(CCCCC(C)(N)C(N)=O)CC1CCN(C)C1. The summed E-state index contributed by atoms with van der Waals surface area (Å²) >= 11 is 0. The highest BCUT2D eigenvalue weighted by atomic mass is 16.1. The van der Waals surface area contributed by atoms with Crippen LogP contribution in [-0.2, 0) is 4.79 Å². The van der Waals surface area contributed by atoms with E-state index in [1.54, 1.807) is 6.92 Å². The van der Waals surface area contributed by atoms with Crippen molar-refractivity contribution < 1.29 is 4.79 Å². The number of nitrogens with two attached hydrogens (primary N) is 2. The summed E-state index contributed by atoms with van der Waals surface area (Å²) in [5.74, 6) is 0.398. The predicted molar refractivity (Wildman–Crippen MR) is 78.7 cm³/mol. The van der Waals surface area contributed by atoms with E-state index in [1.807, 2.05) is 0 Å². The second-order valence-corrected chi connectivity index (χ2v) is 6.42. The molecular formula is C14H30N4O. The Balaban J connectivity index is 2.10. The van der Waals surface area contributed by atoms with E-state index in [9.17, 15) is 4.79 Å². The molecule has 4 N–H and O–H groups in total. The zero-order valence-electron chi connectivity index (χ0n) is 12.7. The number of hydrogen-bond acceptors (Lipinski definition) is 4. The zero-order valence-corrected chi connectivity index (χ0v) is 12.7. The topological polar surface area (TPSA) is 75.6 Å². The number of hydrogen-bond donors (Lipinski definition) is 2. The number of unbranched alkanes of at least 4 members (excludes halogenated alkanes) is 1. The Bertz CT molecular complexity index is 293. The summed E-state index contributed by atoms with van der Waals surface area (Å²) in [6, 6.07) is 0. The average molecular weight is 270 g/mol. The van der Waals surface area contributed by atoms with Crippen LogP contribution >= 0.6 is 0 Å². The molecule has 1 rings (SSSR count). The molecular weight excluding hydrogens is 240 g/mol. The molecule has 5 nitrogen and oxygen atoms in total. The summed E-state index contributed by atoms with van der Waals surface area (Å²) in [4.78, 5) is 15.9. The van der Waals surface area contributed by atoms with Crippen molar-refractivity contribution in [2.45, 2.75) is 38.1 Å². The van der Waals surface area contributed by atoms with E-state index in [0.717, 1.165) is 25.3 Å². The van der Waals surface area contributed by atoms with Gasteiger partial charge in [0.05, 0.1) is 5.54 Å². The summed E-state index contributed by atoms with van der Waals surface area (Å²) in [6.07, 6.45) is 4.00. The average Bonchev–Trinajstić information content (AvgIpc) is 2.70. The molecule has 0 bridgehead atoms. The molecule has 5 heteroatoms. The van der Waals surface area contributed by atoms with Gasteiger partial charge in [-0.05, 0) is 65.7 Å². The molecule has 2 atom stereocenters. The van der Waals surface area contributed by atoms with Crippen molar-refractivity contribution in [2.24, 2.45) is 17.4 Å². The molecule has 0 spiro atoms. The van der Waals surface area contributed by atoms with E-state index in [4.69, 9.17) is 11.5 Å². The van der Waals surface area contributed by atoms with Crippen LogP contribution in [0.25, 0.3) is 0 Å². The van der Waals surface area contributed by atoms with Gasteiger partial charge in [-0.15, -0.1) is 0 Å². The van der Waals surface area contributed by atoms with Gasteiger partial charge in [0.15, 0.2) is 0 Å². The van der Waals surface area contributed by atoms with Gasteiger partial charge < -0.3 is 21.3 Å². The first kappa shape index (κ1) is 16.4. The van der Waals surface area contributed by atoms with Gasteiger partial charge in [0.1, 0.15) is 0 Å². The number of likely N-dealkylation sites (tertiary alicyclic amines) is 1. The van der Waals surface area contributed by atoms with Crippen LogP contribution in [0.5, 0.6) is 0 Å². The molecule has 0 aromatic heterocycles. The number of rotatable bonds is 8. The van der Waals surface area contributed by atoms with E-state index in [0.29, 0.717) is 6.42 Å². The Morgan fingerprint density at radius 2 is 2.16 bits per heavy atom. The Kier molecular flexibility index (Phi) is 6.23. The second kappa shape index (κ2) is 7.22. The predicted octanol–water partition coefficient (Wildman–Crippen LogP) is 0.243. The lowest BCUT2D eigenvalue weighted by Gasteiger charge is -2.23. The molecule has 0 aromatic rings. The van der Waals surface area contributed by atoms with Gasteiger partial charge in [-0.25, -0.2) is 0 Å². The molecule has 112 valence electrons. The highest BCUT2D eigenvalue weighted by Crippen LogP contribution is 2.16. The smallest absolute Gasteiger partial charge is 0.237 e. The summed E-state index contributed by atoms with van der Waals surface area (Å²) in [5.41, 5.74) is 10.2. The fourth-order valence-electron chi connectivity index (χ4n) is 2.70. The summed E-state index contributed by atoms with van der Waals surface area (Å²) < 4.78 is 0. The Morgan fingerprint density at radius 1 is 1.47 bits per heavy atom. The van der Waals surface area contributed by atoms with E-state index >= 15 is 0 Å². The molecule has 1 fully saturated rings. The normalized spacial score (nSPS) is 23.7. The molecule has 0 aromatic carbocycles. The fourth-order valence-corrected chi connectivity index (χ4v) is 2.70. The molecule has 1 saturated heterocycles. The third-order valence-corrected chi connectivity index (χ3v) is 4.11. The molecule has 0 aliphatic carbocycles. The summed E-state index contributed by atoms with van der Waals surface area (Å²) in [5, 5.41) is 0. The van der Waals surface area contributed by atoms with Gasteiger partial charge in [-0.3, -0.25) is 4.79 Å². The first-order chi connectivity index (χ1) is 8.81. The number of carbonyl (C=O) groups excluding carboxylic acids is 1. The van der Waals surface area contributed by atoms with Gasteiger partial charge in [0.2, 0.25) is 5.91 Å². The molecule has 1 amide bonds. The van der Waals surface area contributed by atoms with Crippen LogP contribution in [0.3, 0.4) is 0 Å². The minimum absolute atomic E-state index is 0.408. The Hall–Kier alpha value is -0.650. The van der Waals surface area contributed by atoms with Crippen molar-refractivity contribution in [1.29, 1.82) is 0 Å². The largest absolute Gasteiger partial charge is 0.368 e. The monoisotopic (exact) mass is 270 g/mol. The Labute approximate surface area is 117 Å². The number of nitrogens with zero attached hydrogens (tertiary/aromatic N) is 2. The van der Waals surface area contributed by atoms with Gasteiger partial charge in [-0.1, -0.05) is 0 Å². The minimum Gasteiger partial charge on any atom is -0.368 e. The van der Waals surface area contributed by atoms with Crippen molar-refractivity contribution >= 4 is 5.91 Å². The van der Waals surface area contributed by atoms with E-state index in [1.165, 1.54) is 26.1 Å². The third-order valence-electron chi connectivity index (χ3n) is 4.11. The van der Waals surface area contributed by atoms with E-state index < -0.39 is 11.4 Å². The third kappa shape index (κ3) is 5.89. The fraction of sp³-hybridized carbons (Fsp3) is 0.929. The highest BCUT2D eigenvalue weighted by Gasteiger charge is 2.25. The standard InChI is InChI=1S/C14H30N4O/c1-14(16,13(15)19)7-4-5-8-17(2)10-12-6-9-18(3)11-12/h12H,4-11,16H2,1-3H3,(H2,15,19). The Morgan fingerprint density at radius 3 is 2.68 bits per heavy atom. The van der Waals surface area contributed by atoms with Crippen LogP contribution in [0.4, 0.5) is 0 Å². The summed E-state index contributed by atoms with van der Waals surface area (Å²) in [6.45, 7) is 6.39. The van der Waals surface area contributed by atoms with Crippen molar-refractivity contribution in [3.63, 3.8) is 0 Å². The number of primary amides is 1. The number of amides is 1. The molecule has 1 aliphatic rings. The maximum atomic E-state index is 11.1. The highest BCUT2D eigenvalue weighted by molar-refractivity contribution is 5.83. The van der Waals surface area contributed by atoms with Crippen LogP contribution in [-0.4, -0.2) is 61.5 Å². The molecule has 1 heterocycles. The lowest BCUT2D eigenvalue weighted by atomic mass is 9.95. The molecule has 0 radical (unpaired) electrons. The van der Waals surface area contributed by atoms with Gasteiger partial charge in [0.25, 0.3) is 0 Å². The maximum Gasteiger partial charge on any atom is 0.237 e. The van der Waals surface area contributed by atoms with Crippen LogP contribution in [0.2, 0.25) is 0 Å². The first-order valence-electron chi connectivity index (χ1n) is 7.27. The lowest BCUT2D eigenvalue weighted by molar-refractivity contribution is -0.122. The maximum absolute atomic E-state index is 11.1. The molecule has 2 unspecified atom stereocenters.